The Kier molecular flexibility index (Phi) is 11.8. The molecule has 0 amide bonds. The van der Waals surface area contributed by atoms with E-state index in [9.17, 15) is 40.9 Å². The van der Waals surface area contributed by atoms with Crippen LogP contribution in [-0.2, 0) is 38.2 Å². The Balaban J connectivity index is 1.93. The first-order valence-electron chi connectivity index (χ1n) is 13.1. The first-order valence-corrected chi connectivity index (χ1v) is 14.6. The molecule has 47 heavy (non-hydrogen) atoms. The third-order valence-corrected chi connectivity index (χ3v) is 7.43. The average Bonchev–Trinajstić information content (AvgIpc) is 2.99. The fourth-order valence-electron chi connectivity index (χ4n) is 3.48. The molecular formula is C28H24F7O11P. The van der Waals surface area contributed by atoms with Crippen molar-refractivity contribution in [1.29, 1.82) is 0 Å². The topological polar surface area (TPSA) is 133 Å². The molecule has 0 saturated carbocycles. The first kappa shape index (κ1) is 37.1. The minimum absolute atomic E-state index is 0.161. The zero-order chi connectivity index (χ0) is 35.3. The number of ether oxygens (including phenoxy) is 5. The van der Waals surface area contributed by atoms with E-state index in [-0.39, 0.29) is 10.8 Å². The number of esters is 1. The molecule has 0 aliphatic rings. The predicted molar refractivity (Wildman–Crippen MR) is 144 cm³/mol. The van der Waals surface area contributed by atoms with Crippen LogP contribution in [0.3, 0.4) is 0 Å². The summed E-state index contributed by atoms with van der Waals surface area (Å²) in [5.74, 6) is -15.7. The summed E-state index contributed by atoms with van der Waals surface area (Å²) in [6.45, 7) is 3.03. The van der Waals surface area contributed by atoms with Crippen LogP contribution in [0.2, 0.25) is 0 Å². The van der Waals surface area contributed by atoms with Gasteiger partial charge in [-0.3, -0.25) is 13.6 Å². The van der Waals surface area contributed by atoms with Gasteiger partial charge in [-0.05, 0) is 56.7 Å². The van der Waals surface area contributed by atoms with E-state index in [0.717, 1.165) is 30.3 Å². The number of hydrogen-bond donors (Lipinski definition) is 0. The van der Waals surface area contributed by atoms with Crippen molar-refractivity contribution in [3.8, 4) is 5.75 Å². The van der Waals surface area contributed by atoms with Gasteiger partial charge in [-0.25, -0.2) is 27.6 Å². The van der Waals surface area contributed by atoms with Crippen LogP contribution >= 0.6 is 7.60 Å². The molecule has 0 bridgehead atoms. The van der Waals surface area contributed by atoms with Crippen LogP contribution in [0.5, 0.6) is 5.75 Å². The van der Waals surface area contributed by atoms with Crippen molar-refractivity contribution in [2.75, 3.05) is 13.6 Å². The van der Waals surface area contributed by atoms with Gasteiger partial charge in [0.1, 0.15) is 0 Å². The van der Waals surface area contributed by atoms with Gasteiger partial charge in [0, 0.05) is 5.56 Å². The molecule has 3 rings (SSSR count). The summed E-state index contributed by atoms with van der Waals surface area (Å²) >= 11 is 0. The van der Waals surface area contributed by atoms with Crippen molar-refractivity contribution in [1.82, 2.24) is 0 Å². The van der Waals surface area contributed by atoms with Gasteiger partial charge in [0.25, 0.3) is 0 Å². The number of carbonyl (C=O) groups excluding carboxylic acids is 3. The maximum absolute atomic E-state index is 15.8. The maximum Gasteiger partial charge on any atom is 0.510 e. The predicted octanol–water partition coefficient (Wildman–Crippen LogP) is 8.07. The molecule has 0 fully saturated rings. The summed E-state index contributed by atoms with van der Waals surface area (Å²) in [4.78, 5) is 35.8. The molecule has 0 spiro atoms. The molecule has 0 saturated heterocycles. The first-order chi connectivity index (χ1) is 21.9. The largest absolute Gasteiger partial charge is 0.510 e. The minimum Gasteiger partial charge on any atom is -0.432 e. The van der Waals surface area contributed by atoms with Crippen LogP contribution in [-0.4, -0.2) is 44.1 Å². The van der Waals surface area contributed by atoms with Crippen molar-refractivity contribution >= 4 is 36.6 Å². The molecule has 19 heteroatoms. The summed E-state index contributed by atoms with van der Waals surface area (Å²) in [7, 11) is -5.78. The molecule has 0 heterocycles. The number of rotatable bonds is 12. The van der Waals surface area contributed by atoms with Crippen molar-refractivity contribution in [2.24, 2.45) is 0 Å². The fourth-order valence-corrected chi connectivity index (χ4v) is 4.72. The zero-order valence-electron chi connectivity index (χ0n) is 24.6. The quantitative estimate of drug-likeness (QED) is 0.0346. The Morgan fingerprint density at radius 2 is 1.17 bits per heavy atom. The summed E-state index contributed by atoms with van der Waals surface area (Å²) < 4.78 is 145. The van der Waals surface area contributed by atoms with E-state index in [1.54, 1.807) is 0 Å². The number of halogens is 7. The fraction of sp³-hybridized carbons (Fsp3) is 0.321. The third-order valence-electron chi connectivity index (χ3n) is 5.59. The smallest absolute Gasteiger partial charge is 0.432 e. The summed E-state index contributed by atoms with van der Waals surface area (Å²) in [6, 6.07) is 5.52. The van der Waals surface area contributed by atoms with E-state index >= 15 is 8.78 Å². The lowest BCUT2D eigenvalue weighted by atomic mass is 10.0. The van der Waals surface area contributed by atoms with Crippen molar-refractivity contribution in [2.45, 2.75) is 45.6 Å². The number of alkyl halides is 2. The monoisotopic (exact) mass is 700 g/mol. The molecular weight excluding hydrogens is 676 g/mol. The van der Waals surface area contributed by atoms with Crippen LogP contribution in [0, 0.1) is 29.1 Å². The molecule has 11 nitrogen and oxygen atoms in total. The summed E-state index contributed by atoms with van der Waals surface area (Å²) in [5, 5.41) is -0.0531. The second-order valence-electron chi connectivity index (χ2n) is 9.72. The van der Waals surface area contributed by atoms with Crippen LogP contribution in [0.4, 0.5) is 40.3 Å². The molecule has 3 aromatic rings. The Bertz CT molecular complexity index is 1650. The molecule has 0 N–H and O–H groups in total. The Hall–Kier alpha value is -4.41. The van der Waals surface area contributed by atoms with E-state index in [4.69, 9.17) is 0 Å². The highest BCUT2D eigenvalue weighted by Gasteiger charge is 2.56. The highest BCUT2D eigenvalue weighted by molar-refractivity contribution is 7.54. The molecule has 0 aliphatic carbocycles. The molecule has 0 aromatic heterocycles. The maximum atomic E-state index is 15.8. The van der Waals surface area contributed by atoms with Crippen molar-refractivity contribution in [3.05, 3.63) is 76.6 Å². The Labute approximate surface area is 260 Å². The van der Waals surface area contributed by atoms with Gasteiger partial charge in [0.2, 0.25) is 48.4 Å². The van der Waals surface area contributed by atoms with Gasteiger partial charge < -0.3 is 23.7 Å². The lowest BCUT2D eigenvalue weighted by Gasteiger charge is -2.26. The Morgan fingerprint density at radius 1 is 0.702 bits per heavy atom. The van der Waals surface area contributed by atoms with Crippen molar-refractivity contribution in [3.63, 3.8) is 0 Å². The van der Waals surface area contributed by atoms with E-state index < -0.39 is 103 Å². The number of fused-ring (bicyclic) bond motifs is 1. The summed E-state index contributed by atoms with van der Waals surface area (Å²) in [5.41, 5.74) is -6.27. The zero-order valence-corrected chi connectivity index (χ0v) is 25.5. The third kappa shape index (κ3) is 8.69. The van der Waals surface area contributed by atoms with Gasteiger partial charge in [-0.1, -0.05) is 18.2 Å². The number of carbonyl (C=O) groups is 3. The molecule has 0 radical (unpaired) electrons. The molecule has 0 unspecified atom stereocenters. The summed E-state index contributed by atoms with van der Waals surface area (Å²) in [6.07, 6.45) is -4.10. The highest BCUT2D eigenvalue weighted by Crippen LogP contribution is 2.67. The highest BCUT2D eigenvalue weighted by atomic mass is 31.2. The molecule has 0 aliphatic heterocycles. The van der Waals surface area contributed by atoms with Crippen LogP contribution < -0.4 is 4.74 Å². The minimum atomic E-state index is -5.78. The van der Waals surface area contributed by atoms with E-state index in [1.807, 2.05) is 0 Å². The van der Waals surface area contributed by atoms with Gasteiger partial charge >= 0.3 is 31.5 Å². The average molecular weight is 700 g/mol. The SMILES string of the molecule is CC(C)OC(=O)OCOP(=O)(OCOC(=O)OC(C)C)C(F)(F)c1ccc2ccc(C(=O)Oc3c(F)c(F)c(F)c(F)c3F)cc2c1. The van der Waals surface area contributed by atoms with Gasteiger partial charge in [-0.2, -0.15) is 17.6 Å². The second-order valence-corrected chi connectivity index (χ2v) is 11.8. The lowest BCUT2D eigenvalue weighted by molar-refractivity contribution is -0.0527. The van der Waals surface area contributed by atoms with Gasteiger partial charge in [0.15, 0.2) is 0 Å². The second kappa shape index (κ2) is 15.0. The van der Waals surface area contributed by atoms with E-state index in [1.165, 1.54) is 27.7 Å². The van der Waals surface area contributed by atoms with Crippen LogP contribution in [0.1, 0.15) is 43.6 Å². The normalized spacial score (nSPS) is 11.9. The lowest BCUT2D eigenvalue weighted by Crippen LogP contribution is -2.22. The van der Waals surface area contributed by atoms with Gasteiger partial charge in [0.05, 0.1) is 17.8 Å². The van der Waals surface area contributed by atoms with Crippen LogP contribution in [0.15, 0.2) is 36.4 Å². The molecule has 0 atom stereocenters. The van der Waals surface area contributed by atoms with E-state index in [2.05, 4.69) is 32.7 Å². The van der Waals surface area contributed by atoms with E-state index in [0.29, 0.717) is 6.07 Å². The standard InChI is InChI=1S/C28H24F7O11P/c1-13(2)44-26(37)40-11-42-47(39,43-12-41-27(38)45-14(3)4)28(34,35)18-8-7-15-5-6-16(9-17(15)10-18)25(36)46-24-22(32)20(30)19(29)21(31)23(24)33/h5-10,13-14H,11-12H2,1-4H3. The molecule has 3 aromatic carbocycles. The van der Waals surface area contributed by atoms with Crippen molar-refractivity contribution < 1.29 is 82.4 Å². The number of benzene rings is 3. The van der Waals surface area contributed by atoms with Gasteiger partial charge in [-0.15, -0.1) is 0 Å². The number of hydrogen-bond acceptors (Lipinski definition) is 11. The Morgan fingerprint density at radius 3 is 1.66 bits per heavy atom. The molecule has 256 valence electrons. The van der Waals surface area contributed by atoms with Crippen LogP contribution in [0.25, 0.3) is 10.8 Å².